The Bertz CT molecular complexity index is 1070. The Labute approximate surface area is 184 Å². The smallest absolute Gasteiger partial charge is 0.232 e. The average molecular weight is 442 g/mol. The van der Waals surface area contributed by atoms with E-state index in [1.807, 2.05) is 24.3 Å². The first-order valence-electron chi connectivity index (χ1n) is 10.8. The van der Waals surface area contributed by atoms with Crippen molar-refractivity contribution < 1.29 is 8.42 Å². The Kier molecular flexibility index (Phi) is 6.20. The molecule has 0 aliphatic carbocycles. The van der Waals surface area contributed by atoms with Gasteiger partial charge in [-0.15, -0.1) is 0 Å². The summed E-state index contributed by atoms with van der Waals surface area (Å²) in [5.41, 5.74) is 11.4. The number of piperidine rings is 1. The first-order valence-corrected chi connectivity index (χ1v) is 12.7. The van der Waals surface area contributed by atoms with Gasteiger partial charge in [0.25, 0.3) is 0 Å². The molecule has 4 N–H and O–H groups in total. The molecule has 2 aromatic carbocycles. The lowest BCUT2D eigenvalue weighted by Crippen LogP contribution is -2.41. The normalized spacial score (nSPS) is 19.6. The number of nitrogens with one attached hydrogen (secondary N) is 2. The van der Waals surface area contributed by atoms with E-state index in [9.17, 15) is 8.42 Å². The van der Waals surface area contributed by atoms with Gasteiger partial charge in [-0.05, 0) is 67.6 Å². The predicted molar refractivity (Wildman–Crippen MR) is 128 cm³/mol. The predicted octanol–water partition coefficient (Wildman–Crippen LogP) is 3.06. The van der Waals surface area contributed by atoms with Crippen molar-refractivity contribution in [2.24, 2.45) is 0 Å². The van der Waals surface area contributed by atoms with Gasteiger partial charge in [0, 0.05) is 48.8 Å². The van der Waals surface area contributed by atoms with Crippen LogP contribution in [0.1, 0.15) is 36.0 Å². The maximum absolute atomic E-state index is 12.1. The molecule has 0 unspecified atom stereocenters. The van der Waals surface area contributed by atoms with Gasteiger partial charge in [0.2, 0.25) is 10.0 Å². The zero-order valence-electron chi connectivity index (χ0n) is 18.0. The van der Waals surface area contributed by atoms with E-state index < -0.39 is 10.0 Å². The molecule has 8 heteroatoms. The summed E-state index contributed by atoms with van der Waals surface area (Å²) in [6.07, 6.45) is 6.58. The van der Waals surface area contributed by atoms with Gasteiger partial charge in [0.15, 0.2) is 0 Å². The quantitative estimate of drug-likeness (QED) is 0.472. The largest absolute Gasteiger partial charge is 0.398 e. The Hall–Kier alpha value is -2.58. The zero-order chi connectivity index (χ0) is 22.0. The minimum atomic E-state index is -3.23. The molecule has 0 spiro atoms. The minimum absolute atomic E-state index is 0.342. The standard InChI is InChI=1S/C23H31N5O2S/c1-31(29,30)28-11-2-4-18-12-17(6-9-23(18)28)15-27-10-3-5-21(16-27)26-20-7-8-22(25)19(13-20)14-24/h6-9,12-14,21,24,26H,2-5,10-11,15-16,25H2,1H3/t21-/m0/s1. The Morgan fingerprint density at radius 2 is 2.03 bits per heavy atom. The van der Waals surface area contributed by atoms with E-state index in [0.717, 1.165) is 67.8 Å². The van der Waals surface area contributed by atoms with Gasteiger partial charge in [0.05, 0.1) is 11.9 Å². The average Bonchev–Trinajstić information content (AvgIpc) is 2.74. The van der Waals surface area contributed by atoms with Crippen LogP contribution in [-0.2, 0) is 23.0 Å². The maximum atomic E-state index is 12.1. The molecule has 1 saturated heterocycles. The molecule has 0 aromatic heterocycles. The zero-order valence-corrected chi connectivity index (χ0v) is 18.8. The highest BCUT2D eigenvalue weighted by atomic mass is 32.2. The van der Waals surface area contributed by atoms with E-state index in [1.54, 1.807) is 0 Å². The van der Waals surface area contributed by atoms with Gasteiger partial charge in [0.1, 0.15) is 0 Å². The number of anilines is 3. The number of sulfonamides is 1. The number of hydrogen-bond acceptors (Lipinski definition) is 6. The van der Waals surface area contributed by atoms with E-state index in [1.165, 1.54) is 22.3 Å². The molecule has 2 aliphatic rings. The lowest BCUT2D eigenvalue weighted by Gasteiger charge is -2.34. The molecule has 0 amide bonds. The lowest BCUT2D eigenvalue weighted by molar-refractivity contribution is 0.208. The molecule has 2 heterocycles. The number of nitrogens with two attached hydrogens (primary N) is 1. The number of nitrogen functional groups attached to an aromatic ring is 1. The summed E-state index contributed by atoms with van der Waals surface area (Å²) in [4.78, 5) is 2.45. The topological polar surface area (TPSA) is 103 Å². The van der Waals surface area contributed by atoms with Crippen molar-refractivity contribution in [3.05, 3.63) is 53.1 Å². The SMILES string of the molecule is CS(=O)(=O)N1CCCc2cc(CN3CCC[C@H](Nc4ccc(N)c(C=N)c4)C3)ccc21. The fourth-order valence-electron chi connectivity index (χ4n) is 4.66. The van der Waals surface area contributed by atoms with Crippen LogP contribution in [-0.4, -0.2) is 51.5 Å². The van der Waals surface area contributed by atoms with Crippen LogP contribution in [0.4, 0.5) is 17.1 Å². The number of hydrogen-bond donors (Lipinski definition) is 3. The summed E-state index contributed by atoms with van der Waals surface area (Å²) in [6.45, 7) is 3.42. The number of rotatable bonds is 6. The summed E-state index contributed by atoms with van der Waals surface area (Å²) >= 11 is 0. The number of likely N-dealkylation sites (tertiary alicyclic amines) is 1. The van der Waals surface area contributed by atoms with Crippen LogP contribution in [0.15, 0.2) is 36.4 Å². The molecule has 4 rings (SSSR count). The fraction of sp³-hybridized carbons (Fsp3) is 0.435. The van der Waals surface area contributed by atoms with E-state index in [0.29, 0.717) is 18.3 Å². The Balaban J connectivity index is 1.42. The Morgan fingerprint density at radius 3 is 2.81 bits per heavy atom. The van der Waals surface area contributed by atoms with Crippen molar-refractivity contribution in [1.82, 2.24) is 4.90 Å². The molecule has 1 fully saturated rings. The molecule has 7 nitrogen and oxygen atoms in total. The highest BCUT2D eigenvalue weighted by Crippen LogP contribution is 2.30. The van der Waals surface area contributed by atoms with Crippen LogP contribution < -0.4 is 15.4 Å². The van der Waals surface area contributed by atoms with Crippen molar-refractivity contribution in [3.8, 4) is 0 Å². The van der Waals surface area contributed by atoms with Gasteiger partial charge < -0.3 is 16.5 Å². The van der Waals surface area contributed by atoms with E-state index in [2.05, 4.69) is 22.3 Å². The van der Waals surface area contributed by atoms with Gasteiger partial charge in [-0.1, -0.05) is 12.1 Å². The van der Waals surface area contributed by atoms with Gasteiger partial charge in [-0.3, -0.25) is 9.21 Å². The summed E-state index contributed by atoms with van der Waals surface area (Å²) in [6, 6.07) is 12.3. The van der Waals surface area contributed by atoms with Crippen molar-refractivity contribution in [2.75, 3.05) is 41.2 Å². The van der Waals surface area contributed by atoms with Crippen LogP contribution in [0.2, 0.25) is 0 Å². The molecule has 166 valence electrons. The molecule has 0 bridgehead atoms. The summed E-state index contributed by atoms with van der Waals surface area (Å²) in [7, 11) is -3.23. The monoisotopic (exact) mass is 441 g/mol. The van der Waals surface area contributed by atoms with Crippen molar-refractivity contribution >= 4 is 33.3 Å². The van der Waals surface area contributed by atoms with E-state index in [-0.39, 0.29) is 0 Å². The van der Waals surface area contributed by atoms with Crippen LogP contribution >= 0.6 is 0 Å². The van der Waals surface area contributed by atoms with Crippen LogP contribution in [0, 0.1) is 5.41 Å². The first kappa shape index (κ1) is 21.6. The molecule has 0 saturated carbocycles. The number of fused-ring (bicyclic) bond motifs is 1. The molecule has 31 heavy (non-hydrogen) atoms. The van der Waals surface area contributed by atoms with E-state index in [4.69, 9.17) is 11.1 Å². The third-order valence-corrected chi connectivity index (χ3v) is 7.32. The van der Waals surface area contributed by atoms with Gasteiger partial charge in [-0.25, -0.2) is 8.42 Å². The second-order valence-corrected chi connectivity index (χ2v) is 10.5. The second-order valence-electron chi connectivity index (χ2n) is 8.61. The first-order chi connectivity index (χ1) is 14.8. The number of aryl methyl sites for hydroxylation is 1. The molecule has 2 aliphatic heterocycles. The fourth-order valence-corrected chi connectivity index (χ4v) is 5.66. The van der Waals surface area contributed by atoms with Crippen molar-refractivity contribution in [2.45, 2.75) is 38.3 Å². The summed E-state index contributed by atoms with van der Waals surface area (Å²) < 4.78 is 25.7. The molecular weight excluding hydrogens is 410 g/mol. The Morgan fingerprint density at radius 1 is 1.19 bits per heavy atom. The van der Waals surface area contributed by atoms with Crippen LogP contribution in [0.5, 0.6) is 0 Å². The third-order valence-electron chi connectivity index (χ3n) is 6.15. The minimum Gasteiger partial charge on any atom is -0.398 e. The summed E-state index contributed by atoms with van der Waals surface area (Å²) in [5.74, 6) is 0. The second kappa shape index (κ2) is 8.88. The lowest BCUT2D eigenvalue weighted by atomic mass is 9.99. The van der Waals surface area contributed by atoms with Crippen molar-refractivity contribution in [1.29, 1.82) is 5.41 Å². The van der Waals surface area contributed by atoms with Crippen LogP contribution in [0.25, 0.3) is 0 Å². The molecular formula is C23H31N5O2S. The maximum Gasteiger partial charge on any atom is 0.232 e. The van der Waals surface area contributed by atoms with Gasteiger partial charge in [-0.2, -0.15) is 0 Å². The van der Waals surface area contributed by atoms with Crippen molar-refractivity contribution in [3.63, 3.8) is 0 Å². The van der Waals surface area contributed by atoms with Gasteiger partial charge >= 0.3 is 0 Å². The molecule has 2 aromatic rings. The molecule has 1 atom stereocenters. The van der Waals surface area contributed by atoms with E-state index >= 15 is 0 Å². The van der Waals surface area contributed by atoms with Crippen LogP contribution in [0.3, 0.4) is 0 Å². The highest BCUT2D eigenvalue weighted by molar-refractivity contribution is 7.92. The number of benzene rings is 2. The molecule has 0 radical (unpaired) electrons. The number of nitrogens with zero attached hydrogens (tertiary/aromatic N) is 2. The highest BCUT2D eigenvalue weighted by Gasteiger charge is 2.25. The summed E-state index contributed by atoms with van der Waals surface area (Å²) in [5, 5.41) is 11.1. The third kappa shape index (κ3) is 5.02.